The Kier molecular flexibility index (Phi) is 2.82. The first-order chi connectivity index (χ1) is 6.15. The van der Waals surface area contributed by atoms with Crippen LogP contribution in [0, 0.1) is 0 Å². The lowest BCUT2D eigenvalue weighted by atomic mass is 10.1. The molecule has 13 heavy (non-hydrogen) atoms. The Hall–Kier alpha value is -1.61. The van der Waals surface area contributed by atoms with Crippen molar-refractivity contribution in [3.8, 4) is 0 Å². The van der Waals surface area contributed by atoms with E-state index in [2.05, 4.69) is 6.58 Å². The fourth-order valence-electron chi connectivity index (χ4n) is 0.992. The molecular weight excluding hydrogens is 168 g/mol. The second-order valence-corrected chi connectivity index (χ2v) is 2.61. The maximum Gasteiger partial charge on any atom is 0.335 e. The minimum atomic E-state index is -1.00. The van der Waals surface area contributed by atoms with Crippen LogP contribution in [-0.4, -0.2) is 16.2 Å². The fourth-order valence-corrected chi connectivity index (χ4v) is 0.992. The van der Waals surface area contributed by atoms with Crippen LogP contribution in [0.15, 0.2) is 36.9 Å². The number of hydrogen-bond donors (Lipinski definition) is 2. The Morgan fingerprint density at radius 2 is 2.23 bits per heavy atom. The van der Waals surface area contributed by atoms with E-state index >= 15 is 0 Å². The van der Waals surface area contributed by atoms with Crippen LogP contribution in [0.4, 0.5) is 0 Å². The molecule has 0 aromatic heterocycles. The van der Waals surface area contributed by atoms with Gasteiger partial charge in [-0.25, -0.2) is 4.79 Å². The van der Waals surface area contributed by atoms with Crippen LogP contribution in [0.25, 0.3) is 0 Å². The molecule has 2 N–H and O–H groups in total. The Morgan fingerprint density at radius 1 is 1.54 bits per heavy atom. The fraction of sp³-hybridized carbons (Fsp3) is 0.100. The Labute approximate surface area is 76.0 Å². The quantitative estimate of drug-likeness (QED) is 0.691. The number of aliphatic hydroxyl groups excluding tert-OH is 1. The summed E-state index contributed by atoms with van der Waals surface area (Å²) in [6.07, 6.45) is 0.542. The van der Waals surface area contributed by atoms with Crippen LogP contribution in [-0.2, 0) is 0 Å². The zero-order valence-corrected chi connectivity index (χ0v) is 6.97. The molecular formula is C10H10O3. The van der Waals surface area contributed by atoms with E-state index in [1.54, 1.807) is 12.1 Å². The third kappa shape index (κ3) is 2.16. The van der Waals surface area contributed by atoms with Crippen molar-refractivity contribution in [1.29, 1.82) is 0 Å². The monoisotopic (exact) mass is 178 g/mol. The molecule has 0 aliphatic rings. The molecule has 3 heteroatoms. The average molecular weight is 178 g/mol. The second kappa shape index (κ2) is 3.87. The Balaban J connectivity index is 3.04. The number of aromatic carboxylic acids is 1. The maximum atomic E-state index is 10.6. The van der Waals surface area contributed by atoms with E-state index < -0.39 is 12.1 Å². The third-order valence-electron chi connectivity index (χ3n) is 1.70. The van der Waals surface area contributed by atoms with E-state index in [0.29, 0.717) is 5.56 Å². The van der Waals surface area contributed by atoms with Gasteiger partial charge in [0.25, 0.3) is 0 Å². The van der Waals surface area contributed by atoms with Crippen molar-refractivity contribution < 1.29 is 15.0 Å². The molecule has 0 radical (unpaired) electrons. The largest absolute Gasteiger partial charge is 0.478 e. The van der Waals surface area contributed by atoms with Crippen molar-refractivity contribution in [3.63, 3.8) is 0 Å². The maximum absolute atomic E-state index is 10.6. The minimum Gasteiger partial charge on any atom is -0.478 e. The van der Waals surface area contributed by atoms with Gasteiger partial charge in [-0.2, -0.15) is 0 Å². The molecule has 0 aliphatic carbocycles. The molecule has 0 saturated heterocycles. The number of aliphatic hydroxyl groups is 1. The number of rotatable bonds is 3. The summed E-state index contributed by atoms with van der Waals surface area (Å²) in [6, 6.07) is 6.14. The Morgan fingerprint density at radius 3 is 2.77 bits per heavy atom. The van der Waals surface area contributed by atoms with Crippen LogP contribution in [0.3, 0.4) is 0 Å². The number of benzene rings is 1. The van der Waals surface area contributed by atoms with Crippen LogP contribution in [0.5, 0.6) is 0 Å². The van der Waals surface area contributed by atoms with Crippen molar-refractivity contribution in [1.82, 2.24) is 0 Å². The number of carbonyl (C=O) groups is 1. The molecule has 1 aromatic carbocycles. The normalized spacial score (nSPS) is 12.1. The molecule has 3 nitrogen and oxygen atoms in total. The van der Waals surface area contributed by atoms with Crippen molar-refractivity contribution >= 4 is 5.97 Å². The molecule has 1 unspecified atom stereocenters. The van der Waals surface area contributed by atoms with Gasteiger partial charge in [-0.15, -0.1) is 6.58 Å². The summed E-state index contributed by atoms with van der Waals surface area (Å²) in [4.78, 5) is 10.6. The van der Waals surface area contributed by atoms with Gasteiger partial charge >= 0.3 is 5.97 Å². The summed E-state index contributed by atoms with van der Waals surface area (Å²) in [6.45, 7) is 3.41. The predicted molar refractivity (Wildman–Crippen MR) is 48.6 cm³/mol. The summed E-state index contributed by atoms with van der Waals surface area (Å²) in [5.41, 5.74) is 0.702. The van der Waals surface area contributed by atoms with E-state index in [-0.39, 0.29) is 5.56 Å². The SMILES string of the molecule is C=CC(O)c1cccc(C(=O)O)c1. The van der Waals surface area contributed by atoms with Gasteiger partial charge in [-0.3, -0.25) is 0 Å². The lowest BCUT2D eigenvalue weighted by Gasteiger charge is -2.05. The zero-order chi connectivity index (χ0) is 9.84. The van der Waals surface area contributed by atoms with Crippen molar-refractivity contribution in [2.45, 2.75) is 6.10 Å². The van der Waals surface area contributed by atoms with E-state index in [0.717, 1.165) is 0 Å². The highest BCUT2D eigenvalue weighted by Crippen LogP contribution is 2.14. The van der Waals surface area contributed by atoms with Crippen LogP contribution >= 0.6 is 0 Å². The molecule has 0 amide bonds. The van der Waals surface area contributed by atoms with Crippen molar-refractivity contribution in [2.75, 3.05) is 0 Å². The number of carboxylic acid groups (broad SMARTS) is 1. The molecule has 68 valence electrons. The van der Waals surface area contributed by atoms with Gasteiger partial charge in [-0.1, -0.05) is 18.2 Å². The first kappa shape index (κ1) is 9.48. The average Bonchev–Trinajstić information content (AvgIpc) is 2.17. The van der Waals surface area contributed by atoms with Crippen molar-refractivity contribution in [3.05, 3.63) is 48.0 Å². The molecule has 0 bridgehead atoms. The third-order valence-corrected chi connectivity index (χ3v) is 1.70. The van der Waals surface area contributed by atoms with Gasteiger partial charge in [0.05, 0.1) is 11.7 Å². The molecule has 0 saturated carbocycles. The van der Waals surface area contributed by atoms with E-state index in [1.807, 2.05) is 0 Å². The summed E-state index contributed by atoms with van der Waals surface area (Å²) in [7, 11) is 0. The first-order valence-electron chi connectivity index (χ1n) is 3.79. The smallest absolute Gasteiger partial charge is 0.335 e. The lowest BCUT2D eigenvalue weighted by Crippen LogP contribution is -1.99. The van der Waals surface area contributed by atoms with Gasteiger partial charge < -0.3 is 10.2 Å². The van der Waals surface area contributed by atoms with Gasteiger partial charge in [0.15, 0.2) is 0 Å². The van der Waals surface area contributed by atoms with Gasteiger partial charge in [0, 0.05) is 0 Å². The molecule has 0 fully saturated rings. The van der Waals surface area contributed by atoms with Gasteiger partial charge in [-0.05, 0) is 17.7 Å². The topological polar surface area (TPSA) is 57.5 Å². The molecule has 0 aliphatic heterocycles. The summed E-state index contributed by atoms with van der Waals surface area (Å²) < 4.78 is 0. The zero-order valence-electron chi connectivity index (χ0n) is 6.97. The molecule has 1 rings (SSSR count). The molecule has 1 aromatic rings. The highest BCUT2D eigenvalue weighted by molar-refractivity contribution is 5.87. The lowest BCUT2D eigenvalue weighted by molar-refractivity contribution is 0.0696. The number of carboxylic acids is 1. The standard InChI is InChI=1S/C10H10O3/c1-2-9(11)7-4-3-5-8(6-7)10(12)13/h2-6,9,11H,1H2,(H,12,13). The van der Waals surface area contributed by atoms with Gasteiger partial charge in [0.1, 0.15) is 0 Å². The molecule has 0 heterocycles. The highest BCUT2D eigenvalue weighted by Gasteiger charge is 2.06. The number of hydrogen-bond acceptors (Lipinski definition) is 2. The summed E-state index contributed by atoms with van der Waals surface area (Å²) >= 11 is 0. The minimum absolute atomic E-state index is 0.165. The van der Waals surface area contributed by atoms with E-state index in [9.17, 15) is 9.90 Å². The first-order valence-corrected chi connectivity index (χ1v) is 3.79. The van der Waals surface area contributed by atoms with E-state index in [1.165, 1.54) is 18.2 Å². The summed E-state index contributed by atoms with van der Waals surface area (Å²) in [5, 5.41) is 18.0. The van der Waals surface area contributed by atoms with Gasteiger partial charge in [0.2, 0.25) is 0 Å². The highest BCUT2D eigenvalue weighted by atomic mass is 16.4. The summed E-state index contributed by atoms with van der Waals surface area (Å²) in [5.74, 6) is -1.00. The van der Waals surface area contributed by atoms with E-state index in [4.69, 9.17) is 5.11 Å². The van der Waals surface area contributed by atoms with Crippen LogP contribution in [0.2, 0.25) is 0 Å². The van der Waals surface area contributed by atoms with Crippen LogP contribution in [0.1, 0.15) is 22.0 Å². The van der Waals surface area contributed by atoms with Crippen molar-refractivity contribution in [2.24, 2.45) is 0 Å². The second-order valence-electron chi connectivity index (χ2n) is 2.61. The van der Waals surface area contributed by atoms with Crippen LogP contribution < -0.4 is 0 Å². The molecule has 1 atom stereocenters. The Bertz CT molecular complexity index is 331. The molecule has 0 spiro atoms. The predicted octanol–water partition coefficient (Wildman–Crippen LogP) is 1.60.